The Kier molecular flexibility index (Phi) is 2.31. The maximum absolute atomic E-state index is 11.2. The molecule has 0 N–H and O–H groups in total. The summed E-state index contributed by atoms with van der Waals surface area (Å²) in [7, 11) is 0. The number of hydrogen-bond donors (Lipinski definition) is 0. The number of amides is 1. The van der Waals surface area contributed by atoms with E-state index in [0.29, 0.717) is 12.5 Å². The molecule has 12 heavy (non-hydrogen) atoms. The molecule has 3 heteroatoms. The number of hydrogen-bond acceptors (Lipinski definition) is 2. The molecule has 1 fully saturated rings. The van der Waals surface area contributed by atoms with Gasteiger partial charge in [-0.15, -0.1) is 0 Å². The predicted octanol–water partition coefficient (Wildman–Crippen LogP) is 1.87. The van der Waals surface area contributed by atoms with Crippen molar-refractivity contribution in [2.45, 2.75) is 33.2 Å². The average Bonchev–Trinajstić information content (AvgIpc) is 2.35. The lowest BCUT2D eigenvalue weighted by atomic mass is 9.89. The summed E-state index contributed by atoms with van der Waals surface area (Å²) in [6, 6.07) is 0. The third-order valence-electron chi connectivity index (χ3n) is 2.87. The Morgan fingerprint density at radius 1 is 1.50 bits per heavy atom. The van der Waals surface area contributed by atoms with Crippen LogP contribution in [0.15, 0.2) is 0 Å². The molecule has 3 nitrogen and oxygen atoms in total. The van der Waals surface area contributed by atoms with Crippen LogP contribution in [0.2, 0.25) is 0 Å². The first-order valence-corrected chi connectivity index (χ1v) is 4.40. The van der Waals surface area contributed by atoms with Crippen molar-refractivity contribution in [2.24, 2.45) is 5.92 Å². The topological polar surface area (TPSA) is 29.5 Å². The van der Waals surface area contributed by atoms with Gasteiger partial charge in [-0.3, -0.25) is 4.90 Å². The van der Waals surface area contributed by atoms with E-state index in [-0.39, 0.29) is 11.6 Å². The quantitative estimate of drug-likeness (QED) is 0.634. The van der Waals surface area contributed by atoms with E-state index in [0.717, 1.165) is 6.54 Å². The SMILES string of the molecule is CC(C)C(C)(C)N1CCOC1=O. The van der Waals surface area contributed by atoms with Gasteiger partial charge in [0.2, 0.25) is 0 Å². The highest BCUT2D eigenvalue weighted by Gasteiger charge is 2.37. The van der Waals surface area contributed by atoms with Crippen LogP contribution >= 0.6 is 0 Å². The van der Waals surface area contributed by atoms with Gasteiger partial charge in [0.25, 0.3) is 0 Å². The van der Waals surface area contributed by atoms with Crippen molar-refractivity contribution >= 4 is 6.09 Å². The Balaban J connectivity index is 2.73. The van der Waals surface area contributed by atoms with Crippen molar-refractivity contribution in [3.63, 3.8) is 0 Å². The lowest BCUT2D eigenvalue weighted by molar-refractivity contribution is 0.103. The van der Waals surface area contributed by atoms with E-state index < -0.39 is 0 Å². The summed E-state index contributed by atoms with van der Waals surface area (Å²) in [5, 5.41) is 0. The highest BCUT2D eigenvalue weighted by atomic mass is 16.6. The van der Waals surface area contributed by atoms with Gasteiger partial charge in [0.05, 0.1) is 6.54 Å². The Bertz CT molecular complexity index is 187. The molecule has 0 atom stereocenters. The predicted molar refractivity (Wildman–Crippen MR) is 47.0 cm³/mol. The number of rotatable bonds is 2. The van der Waals surface area contributed by atoms with Crippen LogP contribution in [0.1, 0.15) is 27.7 Å². The molecule has 70 valence electrons. The first kappa shape index (κ1) is 9.36. The normalized spacial score (nSPS) is 18.8. The van der Waals surface area contributed by atoms with Crippen molar-refractivity contribution < 1.29 is 9.53 Å². The van der Waals surface area contributed by atoms with E-state index >= 15 is 0 Å². The molecule has 1 saturated heterocycles. The Morgan fingerprint density at radius 3 is 2.42 bits per heavy atom. The van der Waals surface area contributed by atoms with Crippen molar-refractivity contribution in [3.05, 3.63) is 0 Å². The van der Waals surface area contributed by atoms with Gasteiger partial charge in [-0.2, -0.15) is 0 Å². The van der Waals surface area contributed by atoms with E-state index in [1.807, 2.05) is 0 Å². The zero-order valence-electron chi connectivity index (χ0n) is 8.26. The van der Waals surface area contributed by atoms with E-state index in [1.54, 1.807) is 4.90 Å². The van der Waals surface area contributed by atoms with Gasteiger partial charge in [-0.1, -0.05) is 13.8 Å². The Labute approximate surface area is 73.7 Å². The fraction of sp³-hybridized carbons (Fsp3) is 0.889. The van der Waals surface area contributed by atoms with Gasteiger partial charge in [0, 0.05) is 5.54 Å². The second-order valence-corrected chi connectivity index (χ2v) is 4.07. The van der Waals surface area contributed by atoms with Gasteiger partial charge < -0.3 is 4.74 Å². The second-order valence-electron chi connectivity index (χ2n) is 4.07. The smallest absolute Gasteiger partial charge is 0.410 e. The molecule has 1 amide bonds. The minimum Gasteiger partial charge on any atom is -0.448 e. The van der Waals surface area contributed by atoms with Gasteiger partial charge in [0.15, 0.2) is 0 Å². The molecule has 0 bridgehead atoms. The van der Waals surface area contributed by atoms with Crippen LogP contribution < -0.4 is 0 Å². The Hall–Kier alpha value is -0.730. The number of cyclic esters (lactones) is 1. The average molecular weight is 171 g/mol. The summed E-state index contributed by atoms with van der Waals surface area (Å²) in [4.78, 5) is 13.0. The van der Waals surface area contributed by atoms with Crippen LogP contribution in [-0.2, 0) is 4.74 Å². The number of ether oxygens (including phenoxy) is 1. The number of nitrogens with zero attached hydrogens (tertiary/aromatic N) is 1. The van der Waals surface area contributed by atoms with Crippen molar-refractivity contribution in [2.75, 3.05) is 13.2 Å². The van der Waals surface area contributed by atoms with Crippen molar-refractivity contribution in [3.8, 4) is 0 Å². The zero-order chi connectivity index (χ0) is 9.35. The van der Waals surface area contributed by atoms with Crippen LogP contribution in [0.25, 0.3) is 0 Å². The molecule has 1 rings (SSSR count). The van der Waals surface area contributed by atoms with E-state index in [2.05, 4.69) is 27.7 Å². The molecular formula is C9H17NO2. The summed E-state index contributed by atoms with van der Waals surface area (Å²) in [6.07, 6.45) is -0.172. The standard InChI is InChI=1S/C9H17NO2/c1-7(2)9(3,4)10-5-6-12-8(10)11/h7H,5-6H2,1-4H3. The molecule has 0 spiro atoms. The van der Waals surface area contributed by atoms with Gasteiger partial charge in [-0.25, -0.2) is 4.79 Å². The molecule has 0 radical (unpaired) electrons. The summed E-state index contributed by atoms with van der Waals surface area (Å²) in [5.74, 6) is 0.447. The fourth-order valence-corrected chi connectivity index (χ4v) is 1.23. The van der Waals surface area contributed by atoms with E-state index in [1.165, 1.54) is 0 Å². The van der Waals surface area contributed by atoms with Crippen LogP contribution in [0.4, 0.5) is 4.79 Å². The summed E-state index contributed by atoms with van der Waals surface area (Å²) < 4.78 is 4.89. The molecule has 0 aromatic rings. The highest BCUT2D eigenvalue weighted by molar-refractivity contribution is 5.70. The van der Waals surface area contributed by atoms with Crippen molar-refractivity contribution in [1.29, 1.82) is 0 Å². The monoisotopic (exact) mass is 171 g/mol. The fourth-order valence-electron chi connectivity index (χ4n) is 1.23. The first-order valence-electron chi connectivity index (χ1n) is 4.40. The lowest BCUT2D eigenvalue weighted by Crippen LogP contribution is -2.48. The second kappa shape index (κ2) is 2.96. The lowest BCUT2D eigenvalue weighted by Gasteiger charge is -2.37. The van der Waals surface area contributed by atoms with Crippen molar-refractivity contribution in [1.82, 2.24) is 4.90 Å². The van der Waals surface area contributed by atoms with Crippen LogP contribution in [-0.4, -0.2) is 29.7 Å². The third-order valence-corrected chi connectivity index (χ3v) is 2.87. The number of carbonyl (C=O) groups is 1. The molecule has 0 saturated carbocycles. The van der Waals surface area contributed by atoms with E-state index in [9.17, 15) is 4.79 Å². The van der Waals surface area contributed by atoms with Crippen LogP contribution in [0.3, 0.4) is 0 Å². The molecule has 0 unspecified atom stereocenters. The Morgan fingerprint density at radius 2 is 2.08 bits per heavy atom. The summed E-state index contributed by atoms with van der Waals surface area (Å²) in [6.45, 7) is 9.64. The molecule has 0 aliphatic carbocycles. The van der Waals surface area contributed by atoms with Gasteiger partial charge >= 0.3 is 6.09 Å². The third kappa shape index (κ3) is 1.40. The maximum atomic E-state index is 11.2. The number of carbonyl (C=O) groups excluding carboxylic acids is 1. The van der Waals surface area contributed by atoms with E-state index in [4.69, 9.17) is 4.74 Å². The van der Waals surface area contributed by atoms with Gasteiger partial charge in [0.1, 0.15) is 6.61 Å². The molecule has 0 aromatic heterocycles. The minimum absolute atomic E-state index is 0.0897. The highest BCUT2D eigenvalue weighted by Crippen LogP contribution is 2.26. The summed E-state index contributed by atoms with van der Waals surface area (Å²) in [5.41, 5.74) is -0.0897. The minimum atomic E-state index is -0.172. The first-order chi connectivity index (χ1) is 5.46. The molecule has 0 aromatic carbocycles. The largest absolute Gasteiger partial charge is 0.448 e. The van der Waals surface area contributed by atoms with Gasteiger partial charge in [-0.05, 0) is 19.8 Å². The molecular weight excluding hydrogens is 154 g/mol. The summed E-state index contributed by atoms with van der Waals surface area (Å²) >= 11 is 0. The van der Waals surface area contributed by atoms with Crippen LogP contribution in [0, 0.1) is 5.92 Å². The molecule has 1 aliphatic rings. The maximum Gasteiger partial charge on any atom is 0.410 e. The van der Waals surface area contributed by atoms with Crippen LogP contribution in [0.5, 0.6) is 0 Å². The zero-order valence-corrected chi connectivity index (χ0v) is 8.26. The molecule has 1 heterocycles. The molecule has 1 aliphatic heterocycles.